The van der Waals surface area contributed by atoms with Crippen LogP contribution in [0.2, 0.25) is 0 Å². The van der Waals surface area contributed by atoms with E-state index in [1.807, 2.05) is 0 Å². The van der Waals surface area contributed by atoms with Gasteiger partial charge in [-0.1, -0.05) is 60.1 Å². The Hall–Kier alpha value is -1.48. The van der Waals surface area contributed by atoms with E-state index in [4.69, 9.17) is 19.9 Å². The van der Waals surface area contributed by atoms with Crippen LogP contribution in [0.1, 0.15) is 100 Å². The number of allylic oxidation sites excluding steroid dienone is 1. The topological polar surface area (TPSA) is 120 Å². The molecule has 256 valence electrons. The number of fused-ring (bicyclic) bond motifs is 3. The summed E-state index contributed by atoms with van der Waals surface area (Å²) < 4.78 is 19.3. The lowest BCUT2D eigenvalue weighted by Crippen LogP contribution is -2.70. The van der Waals surface area contributed by atoms with Crippen LogP contribution in [0.5, 0.6) is 0 Å². The number of carboxylic acids is 1. The lowest BCUT2D eigenvalue weighted by Gasteiger charge is -2.71. The molecule has 4 aliphatic carbocycles. The molecule has 5 aliphatic rings. The third-order valence-corrected chi connectivity index (χ3v) is 14.5. The van der Waals surface area contributed by atoms with Crippen LogP contribution in [0.3, 0.4) is 0 Å². The van der Waals surface area contributed by atoms with Gasteiger partial charge < -0.3 is 30.4 Å². The van der Waals surface area contributed by atoms with Gasteiger partial charge in [-0.15, -0.1) is 0 Å². The monoisotopic (exact) mass is 630 g/mol. The smallest absolute Gasteiger partial charge is 0.307 e. The fourth-order valence-electron chi connectivity index (χ4n) is 11.8. The van der Waals surface area contributed by atoms with E-state index in [0.717, 1.165) is 51.6 Å². The van der Waals surface area contributed by atoms with Gasteiger partial charge in [0.1, 0.15) is 12.2 Å². The molecule has 0 aromatic rings. The highest BCUT2D eigenvalue weighted by Crippen LogP contribution is 2.75. The van der Waals surface area contributed by atoms with Crippen LogP contribution in [0.15, 0.2) is 11.6 Å². The standard InChI is InChI=1S/C37H62N2O6/c1-23(2)24(3)33(5)14-15-35(7)26-10-11-29-34(6)21-43-22-37(29,27(26)12-13-36(35,8)30(33)32(41)42)20-28(45-25(4)40)31(34)44-19-18-39-17-9-16-38/h12,23-24,26,28-31,39H,9-11,13-22,38H2,1-8H3,(H,41,42)/t24-,26+,28-,29+,30-,31+,33-,34+,35-,36+,37-/m1/s1. The third-order valence-electron chi connectivity index (χ3n) is 14.5. The highest BCUT2D eigenvalue weighted by Gasteiger charge is 2.72. The maximum atomic E-state index is 13.3. The second kappa shape index (κ2) is 12.5. The number of carboxylic acid groups (broad SMARTS) is 1. The van der Waals surface area contributed by atoms with Crippen LogP contribution in [0.4, 0.5) is 0 Å². The van der Waals surface area contributed by atoms with Gasteiger partial charge in [-0.3, -0.25) is 9.59 Å². The normalized spacial score (nSPS) is 44.7. The molecule has 0 aromatic carbocycles. The number of ether oxygens (including phenoxy) is 3. The third kappa shape index (κ3) is 5.32. The fraction of sp³-hybridized carbons (Fsp3) is 0.892. The van der Waals surface area contributed by atoms with Gasteiger partial charge in [-0.2, -0.15) is 0 Å². The number of aliphatic carboxylic acids is 1. The van der Waals surface area contributed by atoms with Crippen molar-refractivity contribution < 1.29 is 28.9 Å². The Morgan fingerprint density at radius 2 is 1.82 bits per heavy atom. The molecule has 1 heterocycles. The van der Waals surface area contributed by atoms with Gasteiger partial charge in [0, 0.05) is 24.3 Å². The molecule has 4 N–H and O–H groups in total. The Labute approximate surface area is 272 Å². The maximum Gasteiger partial charge on any atom is 0.307 e. The molecule has 0 spiro atoms. The summed E-state index contributed by atoms with van der Waals surface area (Å²) >= 11 is 0. The molecule has 1 aliphatic heterocycles. The quantitative estimate of drug-likeness (QED) is 0.148. The molecule has 0 amide bonds. The van der Waals surface area contributed by atoms with Crippen molar-refractivity contribution in [3.63, 3.8) is 0 Å². The minimum absolute atomic E-state index is 0.149. The van der Waals surface area contributed by atoms with Crippen LogP contribution >= 0.6 is 0 Å². The molecule has 8 nitrogen and oxygen atoms in total. The van der Waals surface area contributed by atoms with Gasteiger partial charge in [0.25, 0.3) is 0 Å². The molecule has 8 heteroatoms. The molecule has 2 bridgehead atoms. The van der Waals surface area contributed by atoms with Gasteiger partial charge >= 0.3 is 11.9 Å². The van der Waals surface area contributed by atoms with E-state index in [9.17, 15) is 14.7 Å². The van der Waals surface area contributed by atoms with E-state index in [2.05, 4.69) is 59.9 Å². The van der Waals surface area contributed by atoms with E-state index in [1.54, 1.807) is 0 Å². The minimum atomic E-state index is -0.638. The average Bonchev–Trinajstić information content (AvgIpc) is 2.95. The van der Waals surface area contributed by atoms with E-state index in [0.29, 0.717) is 50.5 Å². The van der Waals surface area contributed by atoms with E-state index in [-0.39, 0.29) is 51.2 Å². The van der Waals surface area contributed by atoms with E-state index in [1.165, 1.54) is 12.5 Å². The number of carbonyl (C=O) groups is 2. The predicted octanol–water partition coefficient (Wildman–Crippen LogP) is 5.83. The molecule has 0 radical (unpaired) electrons. The summed E-state index contributed by atoms with van der Waals surface area (Å²) in [5, 5.41) is 14.4. The summed E-state index contributed by atoms with van der Waals surface area (Å²) in [6.45, 7) is 21.5. The summed E-state index contributed by atoms with van der Waals surface area (Å²) in [7, 11) is 0. The number of hydrogen-bond donors (Lipinski definition) is 3. The second-order valence-corrected chi connectivity index (χ2v) is 16.9. The van der Waals surface area contributed by atoms with Crippen LogP contribution in [0, 0.1) is 56.7 Å². The predicted molar refractivity (Wildman–Crippen MR) is 175 cm³/mol. The molecule has 3 saturated carbocycles. The first-order valence-corrected chi connectivity index (χ1v) is 17.8. The highest BCUT2D eigenvalue weighted by molar-refractivity contribution is 5.73. The molecule has 5 rings (SSSR count). The number of nitrogens with two attached hydrogens (primary N) is 1. The van der Waals surface area contributed by atoms with Gasteiger partial charge in [0.2, 0.25) is 0 Å². The average molecular weight is 631 g/mol. The van der Waals surface area contributed by atoms with Gasteiger partial charge in [0.05, 0.1) is 25.7 Å². The lowest BCUT2D eigenvalue weighted by molar-refractivity contribution is -0.266. The molecule has 11 atom stereocenters. The van der Waals surface area contributed by atoms with Crippen LogP contribution in [-0.4, -0.2) is 68.7 Å². The van der Waals surface area contributed by atoms with Crippen LogP contribution < -0.4 is 11.1 Å². The van der Waals surface area contributed by atoms with Crippen molar-refractivity contribution in [2.24, 2.45) is 62.4 Å². The maximum absolute atomic E-state index is 13.3. The number of rotatable bonds is 11. The number of carbonyl (C=O) groups excluding carboxylic acids is 1. The fourth-order valence-corrected chi connectivity index (χ4v) is 11.8. The summed E-state index contributed by atoms with van der Waals surface area (Å²) in [6.07, 6.45) is 8.26. The largest absolute Gasteiger partial charge is 0.481 e. The SMILES string of the molecule is CC(=O)O[C@@H]1C[C@]23COC[C@@](C)([C@@H]2CC[C@H]2C3=CC[C@@]3(C)[C@H](C(=O)O)[C@@](C)([C@H](C)C(C)C)CC[C@]23C)[C@H]1OCCNCCCN. The van der Waals surface area contributed by atoms with Crippen LogP contribution in [-0.2, 0) is 23.8 Å². The van der Waals surface area contributed by atoms with Gasteiger partial charge in [-0.05, 0) is 98.0 Å². The Morgan fingerprint density at radius 1 is 1.09 bits per heavy atom. The summed E-state index contributed by atoms with van der Waals surface area (Å²) in [4.78, 5) is 25.8. The summed E-state index contributed by atoms with van der Waals surface area (Å²) in [5.74, 6) is 0.0275. The summed E-state index contributed by atoms with van der Waals surface area (Å²) in [5.41, 5.74) is 5.77. The van der Waals surface area contributed by atoms with Crippen molar-refractivity contribution in [3.8, 4) is 0 Å². The van der Waals surface area contributed by atoms with Gasteiger partial charge in [-0.25, -0.2) is 0 Å². The van der Waals surface area contributed by atoms with Crippen molar-refractivity contribution in [2.45, 2.75) is 113 Å². The molecule has 45 heavy (non-hydrogen) atoms. The minimum Gasteiger partial charge on any atom is -0.481 e. The zero-order valence-corrected chi connectivity index (χ0v) is 29.4. The summed E-state index contributed by atoms with van der Waals surface area (Å²) in [6, 6.07) is 0. The number of hydrogen-bond acceptors (Lipinski definition) is 7. The zero-order chi connectivity index (χ0) is 33.0. The second-order valence-electron chi connectivity index (χ2n) is 16.9. The van der Waals surface area contributed by atoms with Crippen molar-refractivity contribution in [3.05, 3.63) is 11.6 Å². The highest BCUT2D eigenvalue weighted by atomic mass is 16.6. The molecule has 0 aromatic heterocycles. The van der Waals surface area contributed by atoms with Gasteiger partial charge in [0.15, 0.2) is 0 Å². The van der Waals surface area contributed by atoms with Crippen molar-refractivity contribution in [2.75, 3.05) is 39.5 Å². The molecular weight excluding hydrogens is 568 g/mol. The Bertz CT molecular complexity index is 1160. The first-order valence-electron chi connectivity index (χ1n) is 17.8. The zero-order valence-electron chi connectivity index (χ0n) is 29.4. The number of esters is 1. The Kier molecular flexibility index (Phi) is 9.69. The van der Waals surface area contributed by atoms with Crippen LogP contribution in [0.25, 0.3) is 0 Å². The first kappa shape index (κ1) is 34.8. The number of nitrogens with one attached hydrogen (secondary N) is 1. The van der Waals surface area contributed by atoms with Crippen molar-refractivity contribution in [1.82, 2.24) is 5.32 Å². The first-order chi connectivity index (χ1) is 21.1. The Balaban J connectivity index is 1.51. The molecule has 4 fully saturated rings. The molecule has 1 saturated heterocycles. The van der Waals surface area contributed by atoms with Crippen molar-refractivity contribution >= 4 is 11.9 Å². The Morgan fingerprint density at radius 3 is 2.47 bits per heavy atom. The molecule has 0 unspecified atom stereocenters. The lowest BCUT2D eigenvalue weighted by atomic mass is 9.34. The molecular formula is C37H62N2O6. The van der Waals surface area contributed by atoms with Crippen molar-refractivity contribution in [1.29, 1.82) is 0 Å². The van der Waals surface area contributed by atoms with E-state index >= 15 is 0 Å². The van der Waals surface area contributed by atoms with E-state index < -0.39 is 11.9 Å².